The van der Waals surface area contributed by atoms with Crippen LogP contribution in [0.4, 0.5) is 0 Å². The van der Waals surface area contributed by atoms with Crippen molar-refractivity contribution in [3.8, 4) is 0 Å². The summed E-state index contributed by atoms with van der Waals surface area (Å²) in [7, 11) is -3.69. The van der Waals surface area contributed by atoms with Crippen molar-refractivity contribution in [2.75, 3.05) is 19.6 Å². The fourth-order valence-electron chi connectivity index (χ4n) is 4.37. The zero-order chi connectivity index (χ0) is 21.1. The van der Waals surface area contributed by atoms with Crippen molar-refractivity contribution >= 4 is 15.9 Å². The molecular weight excluding hydrogens is 400 g/mol. The molecule has 160 valence electrons. The van der Waals surface area contributed by atoms with Gasteiger partial charge in [0.25, 0.3) is 5.91 Å². The molecule has 7 nitrogen and oxygen atoms in total. The first-order valence-corrected chi connectivity index (χ1v) is 12.1. The summed E-state index contributed by atoms with van der Waals surface area (Å²) in [5.41, 5.74) is 0.972. The quantitative estimate of drug-likeness (QED) is 0.746. The number of rotatable bonds is 4. The highest BCUT2D eigenvalue weighted by Gasteiger charge is 2.38. The van der Waals surface area contributed by atoms with Gasteiger partial charge in [-0.05, 0) is 51.2 Å². The van der Waals surface area contributed by atoms with Crippen molar-refractivity contribution in [1.82, 2.24) is 19.2 Å². The third-order valence-corrected chi connectivity index (χ3v) is 7.85. The Hall–Kier alpha value is -2.32. The molecule has 0 aliphatic carbocycles. The molecule has 0 spiro atoms. The fraction of sp³-hybridized carbons (Fsp3) is 0.500. The van der Waals surface area contributed by atoms with Crippen molar-refractivity contribution in [3.05, 3.63) is 53.6 Å². The first-order valence-electron chi connectivity index (χ1n) is 10.7. The summed E-state index contributed by atoms with van der Waals surface area (Å²) < 4.78 is 28.4. The Kier molecular flexibility index (Phi) is 6.15. The van der Waals surface area contributed by atoms with Gasteiger partial charge in [0.15, 0.2) is 0 Å². The summed E-state index contributed by atoms with van der Waals surface area (Å²) >= 11 is 0. The molecule has 1 aromatic heterocycles. The number of aryl methyl sites for hydroxylation is 1. The van der Waals surface area contributed by atoms with Crippen molar-refractivity contribution in [2.24, 2.45) is 0 Å². The summed E-state index contributed by atoms with van der Waals surface area (Å²) in [5, 5.41) is 0. The predicted octanol–water partition coefficient (Wildman–Crippen LogP) is 3.33. The number of carbonyl (C=O) groups is 1. The normalized spacial score (nSPS) is 20.8. The molecule has 2 aliphatic heterocycles. The van der Waals surface area contributed by atoms with E-state index >= 15 is 0 Å². The summed E-state index contributed by atoms with van der Waals surface area (Å²) in [6, 6.07) is 8.03. The summed E-state index contributed by atoms with van der Waals surface area (Å²) in [6.07, 6.45) is 7.03. The van der Waals surface area contributed by atoms with Gasteiger partial charge in [0.05, 0.1) is 22.2 Å². The average molecular weight is 429 g/mol. The monoisotopic (exact) mass is 428 g/mol. The van der Waals surface area contributed by atoms with Gasteiger partial charge in [0.1, 0.15) is 5.82 Å². The highest BCUT2D eigenvalue weighted by molar-refractivity contribution is 7.89. The summed E-state index contributed by atoms with van der Waals surface area (Å²) in [4.78, 5) is 24.3. The lowest BCUT2D eigenvalue weighted by atomic mass is 9.97. The summed E-state index contributed by atoms with van der Waals surface area (Å²) in [5.74, 6) is 0.454. The number of amides is 1. The first kappa shape index (κ1) is 20.9. The van der Waals surface area contributed by atoms with E-state index in [1.165, 1.54) is 4.31 Å². The highest BCUT2D eigenvalue weighted by atomic mass is 32.2. The van der Waals surface area contributed by atoms with Crippen LogP contribution in [-0.4, -0.2) is 53.1 Å². The lowest BCUT2D eigenvalue weighted by Crippen LogP contribution is -2.41. The minimum atomic E-state index is -3.69. The van der Waals surface area contributed by atoms with Crippen molar-refractivity contribution in [2.45, 2.75) is 56.4 Å². The SMILES string of the molecule is Cc1ncc(C(=O)N2CCCCC2)c([C@H]2CCCCN2S(=O)(=O)c2ccccc2)n1. The Morgan fingerprint density at radius 2 is 1.70 bits per heavy atom. The smallest absolute Gasteiger partial charge is 0.257 e. The molecule has 30 heavy (non-hydrogen) atoms. The Labute approximate surface area is 178 Å². The van der Waals surface area contributed by atoms with Gasteiger partial charge in [-0.15, -0.1) is 0 Å². The molecule has 2 aromatic rings. The van der Waals surface area contributed by atoms with E-state index in [1.54, 1.807) is 43.5 Å². The molecule has 0 radical (unpaired) electrons. The number of carbonyl (C=O) groups excluding carboxylic acids is 1. The van der Waals surface area contributed by atoms with Crippen molar-refractivity contribution in [1.29, 1.82) is 0 Å². The number of likely N-dealkylation sites (tertiary alicyclic amines) is 1. The van der Waals surface area contributed by atoms with E-state index < -0.39 is 16.1 Å². The molecule has 8 heteroatoms. The third kappa shape index (κ3) is 4.11. The lowest BCUT2D eigenvalue weighted by molar-refractivity contribution is 0.0719. The maximum absolute atomic E-state index is 13.4. The van der Waals surface area contributed by atoms with E-state index in [4.69, 9.17) is 0 Å². The number of nitrogens with zero attached hydrogens (tertiary/aromatic N) is 4. The third-order valence-electron chi connectivity index (χ3n) is 5.93. The molecular formula is C22H28N4O3S. The molecule has 1 amide bonds. The summed E-state index contributed by atoms with van der Waals surface area (Å²) in [6.45, 7) is 3.64. The molecule has 0 unspecified atom stereocenters. The second kappa shape index (κ2) is 8.81. The molecule has 1 atom stereocenters. The van der Waals surface area contributed by atoms with E-state index in [-0.39, 0.29) is 10.8 Å². The van der Waals surface area contributed by atoms with Crippen LogP contribution in [0.1, 0.15) is 66.4 Å². The van der Waals surface area contributed by atoms with Gasteiger partial charge in [0.2, 0.25) is 10.0 Å². The lowest BCUT2D eigenvalue weighted by Gasteiger charge is -2.35. The van der Waals surface area contributed by atoms with Gasteiger partial charge < -0.3 is 4.90 Å². The molecule has 1 aromatic carbocycles. The molecule has 0 bridgehead atoms. The molecule has 2 fully saturated rings. The van der Waals surface area contributed by atoms with Crippen LogP contribution in [0, 0.1) is 6.92 Å². The van der Waals surface area contributed by atoms with Crippen LogP contribution in [0.15, 0.2) is 41.4 Å². The second-order valence-corrected chi connectivity index (χ2v) is 9.90. The zero-order valence-electron chi connectivity index (χ0n) is 17.3. The standard InChI is InChI=1S/C22H28N4O3S/c1-17-23-16-19(22(27)25-13-7-3-8-14-25)21(24-17)20-12-6-9-15-26(20)30(28,29)18-10-4-2-5-11-18/h2,4-5,10-11,16,20H,3,6-9,12-15H2,1H3/t20-/m1/s1. The van der Waals surface area contributed by atoms with Gasteiger partial charge in [-0.25, -0.2) is 18.4 Å². The number of aromatic nitrogens is 2. The molecule has 2 saturated heterocycles. The predicted molar refractivity (Wildman–Crippen MR) is 113 cm³/mol. The van der Waals surface area contributed by atoms with Crippen LogP contribution >= 0.6 is 0 Å². The number of sulfonamides is 1. The van der Waals surface area contributed by atoms with E-state index in [2.05, 4.69) is 9.97 Å². The van der Waals surface area contributed by atoms with E-state index in [9.17, 15) is 13.2 Å². The van der Waals surface area contributed by atoms with E-state index in [0.29, 0.717) is 30.0 Å². The maximum Gasteiger partial charge on any atom is 0.257 e. The van der Waals surface area contributed by atoms with Crippen LogP contribution in [0.2, 0.25) is 0 Å². The molecule has 3 heterocycles. The number of hydrogen-bond donors (Lipinski definition) is 0. The van der Waals surface area contributed by atoms with Crippen LogP contribution in [0.5, 0.6) is 0 Å². The van der Waals surface area contributed by atoms with E-state index in [0.717, 1.165) is 45.2 Å². The second-order valence-electron chi connectivity index (χ2n) is 8.01. The van der Waals surface area contributed by atoms with Crippen LogP contribution in [-0.2, 0) is 10.0 Å². The Bertz CT molecular complexity index is 1000. The Balaban J connectivity index is 1.74. The Morgan fingerprint density at radius 3 is 2.43 bits per heavy atom. The minimum Gasteiger partial charge on any atom is -0.339 e. The first-order chi connectivity index (χ1) is 14.5. The number of benzene rings is 1. The van der Waals surface area contributed by atoms with Crippen LogP contribution in [0.3, 0.4) is 0 Å². The topological polar surface area (TPSA) is 83.5 Å². The average Bonchev–Trinajstić information content (AvgIpc) is 2.80. The van der Waals surface area contributed by atoms with Crippen molar-refractivity contribution in [3.63, 3.8) is 0 Å². The maximum atomic E-state index is 13.4. The van der Waals surface area contributed by atoms with Gasteiger partial charge in [0, 0.05) is 25.8 Å². The number of piperidine rings is 2. The molecule has 4 rings (SSSR count). The number of hydrogen-bond acceptors (Lipinski definition) is 5. The molecule has 0 N–H and O–H groups in total. The van der Waals surface area contributed by atoms with Gasteiger partial charge in [-0.3, -0.25) is 4.79 Å². The molecule has 0 saturated carbocycles. The van der Waals surface area contributed by atoms with Gasteiger partial charge in [-0.1, -0.05) is 24.6 Å². The largest absolute Gasteiger partial charge is 0.339 e. The van der Waals surface area contributed by atoms with Gasteiger partial charge in [-0.2, -0.15) is 4.31 Å². The van der Waals surface area contributed by atoms with Crippen molar-refractivity contribution < 1.29 is 13.2 Å². The molecule has 2 aliphatic rings. The van der Waals surface area contributed by atoms with Crippen LogP contribution in [0.25, 0.3) is 0 Å². The minimum absolute atomic E-state index is 0.0904. The fourth-order valence-corrected chi connectivity index (χ4v) is 6.05. The Morgan fingerprint density at radius 1 is 1.00 bits per heavy atom. The highest BCUT2D eigenvalue weighted by Crippen LogP contribution is 2.36. The van der Waals surface area contributed by atoms with Crippen LogP contribution < -0.4 is 0 Å². The van der Waals surface area contributed by atoms with E-state index in [1.807, 2.05) is 4.90 Å². The van der Waals surface area contributed by atoms with Gasteiger partial charge >= 0.3 is 0 Å². The zero-order valence-corrected chi connectivity index (χ0v) is 18.1.